The molecule has 0 radical (unpaired) electrons. The fraction of sp³-hybridized carbons (Fsp3) is 0.357. The summed E-state index contributed by atoms with van der Waals surface area (Å²) in [5.74, 6) is 0.937. The topological polar surface area (TPSA) is 55.3 Å². The maximum atomic E-state index is 5.94. The molecule has 0 bridgehead atoms. The number of pyridine rings is 1. The second-order valence-electron chi connectivity index (χ2n) is 4.39. The lowest BCUT2D eigenvalue weighted by Crippen LogP contribution is -2.17. The van der Waals surface area contributed by atoms with Crippen molar-refractivity contribution >= 4 is 5.69 Å². The molecule has 0 fully saturated rings. The van der Waals surface area contributed by atoms with Gasteiger partial charge in [0, 0.05) is 13.1 Å². The van der Waals surface area contributed by atoms with E-state index >= 15 is 0 Å². The van der Waals surface area contributed by atoms with E-state index in [1.165, 1.54) is 0 Å². The molecule has 0 saturated carbocycles. The summed E-state index contributed by atoms with van der Waals surface area (Å²) in [5, 5.41) is 0. The largest absolute Gasteiger partial charge is 0.467 e. The quantitative estimate of drug-likeness (QED) is 0.880. The number of furan rings is 1. The van der Waals surface area contributed by atoms with Crippen LogP contribution in [-0.4, -0.2) is 12.0 Å². The molecule has 2 aromatic heterocycles. The molecule has 0 amide bonds. The molecule has 18 heavy (non-hydrogen) atoms. The molecule has 0 aliphatic heterocycles. The Morgan fingerprint density at radius 1 is 1.39 bits per heavy atom. The van der Waals surface area contributed by atoms with E-state index in [4.69, 9.17) is 10.2 Å². The lowest BCUT2D eigenvalue weighted by molar-refractivity contribution is 0.507. The van der Waals surface area contributed by atoms with Crippen LogP contribution in [0.5, 0.6) is 0 Å². The normalized spacial score (nSPS) is 12.4. The summed E-state index contributed by atoms with van der Waals surface area (Å²) in [7, 11) is 2.01. The van der Waals surface area contributed by atoms with Crippen molar-refractivity contribution in [3.8, 4) is 0 Å². The first kappa shape index (κ1) is 12.6. The number of nitrogens with two attached hydrogens (primary N) is 1. The standard InChI is InChI=1S/C14H19N3O/c1-3-13(15)14-7-6-11(9-16-14)17(2)10-12-5-4-8-18-12/h4-9,13H,3,10,15H2,1-2H3/t13-/m0/s1. The minimum Gasteiger partial charge on any atom is -0.467 e. The molecule has 0 spiro atoms. The van der Waals surface area contributed by atoms with E-state index in [1.807, 2.05) is 37.5 Å². The fourth-order valence-corrected chi connectivity index (χ4v) is 1.78. The number of rotatable bonds is 5. The zero-order valence-corrected chi connectivity index (χ0v) is 10.8. The molecule has 2 aromatic rings. The molecule has 0 aromatic carbocycles. The van der Waals surface area contributed by atoms with E-state index in [0.29, 0.717) is 0 Å². The van der Waals surface area contributed by atoms with Crippen molar-refractivity contribution in [2.45, 2.75) is 25.9 Å². The van der Waals surface area contributed by atoms with E-state index in [1.54, 1.807) is 6.26 Å². The highest BCUT2D eigenvalue weighted by Gasteiger charge is 2.07. The second kappa shape index (κ2) is 5.69. The maximum absolute atomic E-state index is 5.94. The van der Waals surface area contributed by atoms with E-state index in [9.17, 15) is 0 Å². The molecule has 4 heteroatoms. The minimum absolute atomic E-state index is 0.0226. The van der Waals surface area contributed by atoms with Crippen molar-refractivity contribution in [1.82, 2.24) is 4.98 Å². The summed E-state index contributed by atoms with van der Waals surface area (Å²) < 4.78 is 5.32. The maximum Gasteiger partial charge on any atom is 0.123 e. The van der Waals surface area contributed by atoms with Crippen molar-refractivity contribution in [3.05, 3.63) is 48.2 Å². The van der Waals surface area contributed by atoms with E-state index in [-0.39, 0.29) is 6.04 Å². The molecule has 0 saturated heterocycles. The van der Waals surface area contributed by atoms with Crippen LogP contribution in [0.3, 0.4) is 0 Å². The third-order valence-electron chi connectivity index (χ3n) is 3.00. The Balaban J connectivity index is 2.04. The summed E-state index contributed by atoms with van der Waals surface area (Å²) in [4.78, 5) is 6.49. The summed E-state index contributed by atoms with van der Waals surface area (Å²) in [6.45, 7) is 2.79. The molecule has 2 heterocycles. The summed E-state index contributed by atoms with van der Waals surface area (Å²) in [5.41, 5.74) is 7.93. The van der Waals surface area contributed by atoms with Crippen LogP contribution in [-0.2, 0) is 6.54 Å². The van der Waals surface area contributed by atoms with Crippen LogP contribution in [0.2, 0.25) is 0 Å². The van der Waals surface area contributed by atoms with Gasteiger partial charge in [-0.25, -0.2) is 0 Å². The minimum atomic E-state index is 0.0226. The third-order valence-corrected chi connectivity index (χ3v) is 3.00. The monoisotopic (exact) mass is 245 g/mol. The fourth-order valence-electron chi connectivity index (χ4n) is 1.78. The summed E-state index contributed by atoms with van der Waals surface area (Å²) in [6.07, 6.45) is 4.44. The van der Waals surface area contributed by atoms with Gasteiger partial charge in [-0.1, -0.05) is 6.92 Å². The Hall–Kier alpha value is -1.81. The van der Waals surface area contributed by atoms with Crippen molar-refractivity contribution < 1.29 is 4.42 Å². The molecule has 4 nitrogen and oxygen atoms in total. The average Bonchev–Trinajstić information content (AvgIpc) is 2.91. The van der Waals surface area contributed by atoms with Gasteiger partial charge in [0.1, 0.15) is 5.76 Å². The van der Waals surface area contributed by atoms with Crippen LogP contribution in [0.15, 0.2) is 41.1 Å². The molecule has 2 rings (SSSR count). The molecular weight excluding hydrogens is 226 g/mol. The van der Waals surface area contributed by atoms with Crippen LogP contribution >= 0.6 is 0 Å². The molecular formula is C14H19N3O. The molecule has 1 atom stereocenters. The molecule has 2 N–H and O–H groups in total. The van der Waals surface area contributed by atoms with Gasteiger partial charge in [-0.05, 0) is 30.7 Å². The van der Waals surface area contributed by atoms with E-state index in [2.05, 4.69) is 16.8 Å². The lowest BCUT2D eigenvalue weighted by atomic mass is 10.1. The summed E-state index contributed by atoms with van der Waals surface area (Å²) >= 11 is 0. The van der Waals surface area contributed by atoms with E-state index in [0.717, 1.165) is 30.1 Å². The van der Waals surface area contributed by atoms with Gasteiger partial charge >= 0.3 is 0 Å². The average molecular weight is 245 g/mol. The van der Waals surface area contributed by atoms with Gasteiger partial charge in [-0.15, -0.1) is 0 Å². The van der Waals surface area contributed by atoms with Gasteiger partial charge in [0.05, 0.1) is 30.4 Å². The Bertz CT molecular complexity index is 464. The Morgan fingerprint density at radius 3 is 2.78 bits per heavy atom. The van der Waals surface area contributed by atoms with Gasteiger partial charge in [-0.3, -0.25) is 4.98 Å². The zero-order valence-electron chi connectivity index (χ0n) is 10.8. The van der Waals surface area contributed by atoms with Gasteiger partial charge in [-0.2, -0.15) is 0 Å². The van der Waals surface area contributed by atoms with Crippen molar-refractivity contribution in [1.29, 1.82) is 0 Å². The molecule has 0 aliphatic carbocycles. The van der Waals surface area contributed by atoms with Crippen molar-refractivity contribution in [3.63, 3.8) is 0 Å². The van der Waals surface area contributed by atoms with Gasteiger partial charge < -0.3 is 15.1 Å². The number of nitrogens with zero attached hydrogens (tertiary/aromatic N) is 2. The van der Waals surface area contributed by atoms with E-state index < -0.39 is 0 Å². The van der Waals surface area contributed by atoms with Crippen molar-refractivity contribution in [2.75, 3.05) is 11.9 Å². The van der Waals surface area contributed by atoms with Crippen LogP contribution in [0.4, 0.5) is 5.69 Å². The highest BCUT2D eigenvalue weighted by atomic mass is 16.3. The molecule has 0 unspecified atom stereocenters. The van der Waals surface area contributed by atoms with Crippen LogP contribution in [0.1, 0.15) is 30.8 Å². The molecule has 96 valence electrons. The highest BCUT2D eigenvalue weighted by molar-refractivity contribution is 5.44. The number of hydrogen-bond donors (Lipinski definition) is 1. The Kier molecular flexibility index (Phi) is 3.99. The Labute approximate surface area is 107 Å². The first-order chi connectivity index (χ1) is 8.70. The number of hydrogen-bond acceptors (Lipinski definition) is 4. The first-order valence-corrected chi connectivity index (χ1v) is 6.15. The van der Waals surface area contributed by atoms with Crippen molar-refractivity contribution in [2.24, 2.45) is 5.73 Å². The highest BCUT2D eigenvalue weighted by Crippen LogP contribution is 2.17. The van der Waals surface area contributed by atoms with Gasteiger partial charge in [0.25, 0.3) is 0 Å². The zero-order chi connectivity index (χ0) is 13.0. The predicted molar refractivity (Wildman–Crippen MR) is 72.3 cm³/mol. The summed E-state index contributed by atoms with van der Waals surface area (Å²) in [6, 6.07) is 7.91. The smallest absolute Gasteiger partial charge is 0.123 e. The third kappa shape index (κ3) is 2.90. The van der Waals surface area contributed by atoms with Gasteiger partial charge in [0.2, 0.25) is 0 Å². The second-order valence-corrected chi connectivity index (χ2v) is 4.39. The Morgan fingerprint density at radius 2 is 2.22 bits per heavy atom. The van der Waals surface area contributed by atoms with Crippen LogP contribution < -0.4 is 10.6 Å². The van der Waals surface area contributed by atoms with Crippen LogP contribution in [0.25, 0.3) is 0 Å². The predicted octanol–water partition coefficient (Wildman–Crippen LogP) is 2.72. The molecule has 0 aliphatic rings. The first-order valence-electron chi connectivity index (χ1n) is 6.15. The number of anilines is 1. The SMILES string of the molecule is CC[C@H](N)c1ccc(N(C)Cc2ccco2)cn1. The van der Waals surface area contributed by atoms with Gasteiger partial charge in [0.15, 0.2) is 0 Å². The lowest BCUT2D eigenvalue weighted by Gasteiger charge is -2.18. The van der Waals surface area contributed by atoms with Crippen LogP contribution in [0, 0.1) is 0 Å². The number of aromatic nitrogens is 1.